The second-order valence-electron chi connectivity index (χ2n) is 8.36. The maximum atomic E-state index is 12.8. The predicted molar refractivity (Wildman–Crippen MR) is 141 cm³/mol. The number of carbonyl (C=O) groups is 3. The molecule has 0 aromatic heterocycles. The first-order valence-electron chi connectivity index (χ1n) is 11.6. The zero-order chi connectivity index (χ0) is 25.9. The van der Waals surface area contributed by atoms with Crippen molar-refractivity contribution < 1.29 is 23.9 Å². The number of rotatable bonds is 10. The highest BCUT2D eigenvalue weighted by molar-refractivity contribution is 9.10. The lowest BCUT2D eigenvalue weighted by Gasteiger charge is -2.18. The number of amides is 2. The van der Waals surface area contributed by atoms with E-state index >= 15 is 0 Å². The summed E-state index contributed by atoms with van der Waals surface area (Å²) in [5.74, 6) is -0.935. The lowest BCUT2D eigenvalue weighted by molar-refractivity contribution is -0.147. The Labute approximate surface area is 219 Å². The second kappa shape index (κ2) is 13.4. The van der Waals surface area contributed by atoms with E-state index in [0.717, 1.165) is 26.7 Å². The molecular weight excluding hydrogens is 524 g/mol. The molecule has 0 aliphatic carbocycles. The number of hydrogen-bond acceptors (Lipinski definition) is 5. The number of hydrogen-bond donors (Lipinski definition) is 2. The Hall–Kier alpha value is -3.65. The van der Waals surface area contributed by atoms with Gasteiger partial charge in [0.2, 0.25) is 5.91 Å². The van der Waals surface area contributed by atoms with Gasteiger partial charge in [-0.3, -0.25) is 4.79 Å². The van der Waals surface area contributed by atoms with E-state index in [9.17, 15) is 14.4 Å². The molecule has 36 heavy (non-hydrogen) atoms. The smallest absolute Gasteiger partial charge is 0.408 e. The highest BCUT2D eigenvalue weighted by Crippen LogP contribution is 2.26. The Balaban J connectivity index is 1.60. The van der Waals surface area contributed by atoms with Crippen LogP contribution in [0.15, 0.2) is 77.3 Å². The number of aryl methyl sites for hydroxylation is 2. The van der Waals surface area contributed by atoms with Crippen LogP contribution in [0.2, 0.25) is 0 Å². The van der Waals surface area contributed by atoms with E-state index in [2.05, 4.69) is 26.6 Å². The number of carbonyl (C=O) groups excluding carboxylic acids is 3. The van der Waals surface area contributed by atoms with E-state index in [-0.39, 0.29) is 32.0 Å². The van der Waals surface area contributed by atoms with Crippen molar-refractivity contribution in [3.63, 3.8) is 0 Å². The molecule has 3 aromatic rings. The molecule has 0 fully saturated rings. The van der Waals surface area contributed by atoms with Crippen LogP contribution in [0.25, 0.3) is 0 Å². The lowest BCUT2D eigenvalue weighted by Crippen LogP contribution is -2.42. The minimum atomic E-state index is -1.05. The highest BCUT2D eigenvalue weighted by atomic mass is 79.9. The topological polar surface area (TPSA) is 93.7 Å². The number of esters is 1. The van der Waals surface area contributed by atoms with Crippen LogP contribution < -0.4 is 10.6 Å². The van der Waals surface area contributed by atoms with Gasteiger partial charge in [-0.15, -0.1) is 0 Å². The third-order valence-corrected chi connectivity index (χ3v) is 6.19. The molecule has 0 aliphatic heterocycles. The summed E-state index contributed by atoms with van der Waals surface area (Å²) < 4.78 is 11.4. The first kappa shape index (κ1) is 26.9. The van der Waals surface area contributed by atoms with Gasteiger partial charge < -0.3 is 20.1 Å². The molecule has 0 unspecified atom stereocenters. The largest absolute Gasteiger partial charge is 0.459 e. The number of alkyl carbamates (subject to hydrolysis) is 1. The number of anilines is 1. The van der Waals surface area contributed by atoms with E-state index in [4.69, 9.17) is 9.47 Å². The second-order valence-corrected chi connectivity index (χ2v) is 9.21. The van der Waals surface area contributed by atoms with Crippen LogP contribution in [0.4, 0.5) is 10.5 Å². The first-order valence-corrected chi connectivity index (χ1v) is 12.4. The van der Waals surface area contributed by atoms with Gasteiger partial charge in [0, 0.05) is 10.9 Å². The van der Waals surface area contributed by atoms with Crippen LogP contribution >= 0.6 is 15.9 Å². The minimum Gasteiger partial charge on any atom is -0.459 e. The summed E-state index contributed by atoms with van der Waals surface area (Å²) >= 11 is 3.46. The molecule has 0 saturated carbocycles. The van der Waals surface area contributed by atoms with Crippen molar-refractivity contribution in [2.24, 2.45) is 0 Å². The maximum Gasteiger partial charge on any atom is 0.408 e. The zero-order valence-electron chi connectivity index (χ0n) is 20.3. The summed E-state index contributed by atoms with van der Waals surface area (Å²) in [5, 5.41) is 5.39. The highest BCUT2D eigenvalue weighted by Gasteiger charge is 2.24. The van der Waals surface area contributed by atoms with Crippen molar-refractivity contribution in [3.05, 3.63) is 99.5 Å². The minimum absolute atomic E-state index is 0.0105. The summed E-state index contributed by atoms with van der Waals surface area (Å²) in [6.45, 7) is 4.06. The van der Waals surface area contributed by atoms with E-state index in [1.807, 2.05) is 86.6 Å². The zero-order valence-corrected chi connectivity index (χ0v) is 21.8. The van der Waals surface area contributed by atoms with Gasteiger partial charge in [-0.1, -0.05) is 60.7 Å². The lowest BCUT2D eigenvalue weighted by atomic mass is 10.1. The fourth-order valence-electron chi connectivity index (χ4n) is 3.35. The van der Waals surface area contributed by atoms with Gasteiger partial charge in [0.25, 0.3) is 0 Å². The summed E-state index contributed by atoms with van der Waals surface area (Å²) in [5.41, 5.74) is 4.40. The molecule has 0 saturated heterocycles. The number of halogens is 1. The van der Waals surface area contributed by atoms with Gasteiger partial charge in [-0.05, 0) is 70.6 Å². The van der Waals surface area contributed by atoms with E-state index < -0.39 is 18.1 Å². The quantitative estimate of drug-likeness (QED) is 0.309. The average molecular weight is 553 g/mol. The number of nitrogens with one attached hydrogen (secondary N) is 2. The summed E-state index contributed by atoms with van der Waals surface area (Å²) in [4.78, 5) is 37.8. The molecule has 1 atom stereocenters. The van der Waals surface area contributed by atoms with Crippen LogP contribution in [-0.4, -0.2) is 24.0 Å². The molecule has 2 N–H and O–H groups in total. The Kier molecular flexibility index (Phi) is 10.1. The molecule has 0 bridgehead atoms. The number of ether oxygens (including phenoxy) is 2. The summed E-state index contributed by atoms with van der Waals surface area (Å²) in [7, 11) is 0. The van der Waals surface area contributed by atoms with E-state index in [1.165, 1.54) is 0 Å². The monoisotopic (exact) mass is 552 g/mol. The van der Waals surface area contributed by atoms with E-state index in [1.54, 1.807) is 0 Å². The molecule has 0 heterocycles. The van der Waals surface area contributed by atoms with Gasteiger partial charge in [-0.25, -0.2) is 9.59 Å². The van der Waals surface area contributed by atoms with Crippen LogP contribution in [-0.2, 0) is 32.3 Å². The average Bonchev–Trinajstić information content (AvgIpc) is 2.88. The Morgan fingerprint density at radius 3 is 2.00 bits per heavy atom. The van der Waals surface area contributed by atoms with Gasteiger partial charge in [0.1, 0.15) is 19.3 Å². The van der Waals surface area contributed by atoms with Crippen molar-refractivity contribution >= 4 is 39.6 Å². The molecule has 3 aromatic carbocycles. The maximum absolute atomic E-state index is 12.8. The van der Waals surface area contributed by atoms with Gasteiger partial charge in [0.05, 0.1) is 5.69 Å². The van der Waals surface area contributed by atoms with Crippen LogP contribution in [0.5, 0.6) is 0 Å². The first-order chi connectivity index (χ1) is 17.3. The molecule has 0 spiro atoms. The van der Waals surface area contributed by atoms with Crippen LogP contribution in [0.1, 0.15) is 35.1 Å². The van der Waals surface area contributed by atoms with Gasteiger partial charge >= 0.3 is 12.1 Å². The van der Waals surface area contributed by atoms with Crippen molar-refractivity contribution in [2.75, 3.05) is 5.32 Å². The molecule has 8 heteroatoms. The van der Waals surface area contributed by atoms with Crippen molar-refractivity contribution in [1.82, 2.24) is 5.32 Å². The summed E-state index contributed by atoms with van der Waals surface area (Å²) in [6, 6.07) is 21.2. The van der Waals surface area contributed by atoms with Gasteiger partial charge in [-0.2, -0.15) is 0 Å². The molecular formula is C28H29BrN2O5. The fraction of sp³-hybridized carbons (Fsp3) is 0.250. The molecule has 188 valence electrons. The molecule has 7 nitrogen and oxygen atoms in total. The third kappa shape index (κ3) is 8.53. The molecule has 0 aliphatic rings. The van der Waals surface area contributed by atoms with Gasteiger partial charge in [0.15, 0.2) is 0 Å². The molecule has 3 rings (SSSR count). The van der Waals surface area contributed by atoms with Crippen molar-refractivity contribution in [1.29, 1.82) is 0 Å². The van der Waals surface area contributed by atoms with Crippen LogP contribution in [0.3, 0.4) is 0 Å². The standard InChI is InChI=1S/C28H29BrN2O5/c1-19-15-23(29)25(16-20(19)2)30-26(32)14-13-24(27(33)35-17-21-9-5-3-6-10-21)31-28(34)36-18-22-11-7-4-8-12-22/h3-12,15-16,24H,13-14,17-18H2,1-2H3,(H,30,32)(H,31,34)/t24-/m0/s1. The Morgan fingerprint density at radius 2 is 1.39 bits per heavy atom. The number of benzene rings is 3. The predicted octanol–water partition coefficient (Wildman–Crippen LogP) is 5.82. The van der Waals surface area contributed by atoms with Crippen LogP contribution in [0, 0.1) is 13.8 Å². The Morgan fingerprint density at radius 1 is 0.833 bits per heavy atom. The third-order valence-electron chi connectivity index (χ3n) is 5.53. The van der Waals surface area contributed by atoms with E-state index in [0.29, 0.717) is 5.69 Å². The normalized spacial score (nSPS) is 11.3. The Bertz CT molecular complexity index is 1190. The van der Waals surface area contributed by atoms with Crippen molar-refractivity contribution in [2.45, 2.75) is 45.9 Å². The summed E-state index contributed by atoms with van der Waals surface area (Å²) in [6.07, 6.45) is -0.732. The SMILES string of the molecule is Cc1cc(Br)c(NC(=O)CC[C@H](NC(=O)OCc2ccccc2)C(=O)OCc2ccccc2)cc1C. The van der Waals surface area contributed by atoms with Crippen molar-refractivity contribution in [3.8, 4) is 0 Å². The fourth-order valence-corrected chi connectivity index (χ4v) is 3.91. The molecule has 0 radical (unpaired) electrons. The molecule has 2 amide bonds.